The lowest BCUT2D eigenvalue weighted by Crippen LogP contribution is -2.07. The van der Waals surface area contributed by atoms with Gasteiger partial charge in [-0.1, -0.05) is 24.3 Å². The maximum absolute atomic E-state index is 12.4. The van der Waals surface area contributed by atoms with Crippen molar-refractivity contribution < 1.29 is 19.0 Å². The molecule has 0 unspecified atom stereocenters. The number of hydrogen-bond acceptors (Lipinski definition) is 7. The lowest BCUT2D eigenvalue weighted by Gasteiger charge is -2.08. The van der Waals surface area contributed by atoms with Gasteiger partial charge in [-0.15, -0.1) is 11.3 Å². The van der Waals surface area contributed by atoms with Gasteiger partial charge in [0.05, 0.1) is 25.4 Å². The molecular weight excluding hydrogens is 388 g/mol. The molecule has 0 spiro atoms. The van der Waals surface area contributed by atoms with E-state index in [1.165, 1.54) is 11.3 Å². The third-order valence-electron chi connectivity index (χ3n) is 4.34. The van der Waals surface area contributed by atoms with Crippen molar-refractivity contribution in [1.29, 1.82) is 0 Å². The molecule has 4 aromatic rings. The first-order valence-electron chi connectivity index (χ1n) is 8.87. The topological polar surface area (TPSA) is 70.5 Å². The fraction of sp³-hybridized carbons (Fsp3) is 0.136. The highest BCUT2D eigenvalue weighted by atomic mass is 32.1. The van der Waals surface area contributed by atoms with Gasteiger partial charge in [0.15, 0.2) is 11.5 Å². The highest BCUT2D eigenvalue weighted by Crippen LogP contribution is 2.33. The predicted molar refractivity (Wildman–Crippen MR) is 112 cm³/mol. The molecule has 4 rings (SSSR count). The summed E-state index contributed by atoms with van der Waals surface area (Å²) in [5.41, 5.74) is 2.61. The average Bonchev–Trinajstić information content (AvgIpc) is 3.25. The largest absolute Gasteiger partial charge is 0.493 e. The molecule has 2 aromatic heterocycles. The van der Waals surface area contributed by atoms with Crippen molar-refractivity contribution in [2.75, 3.05) is 14.2 Å². The molecule has 0 saturated heterocycles. The van der Waals surface area contributed by atoms with E-state index in [-0.39, 0.29) is 12.3 Å². The summed E-state index contributed by atoms with van der Waals surface area (Å²) in [5, 5.41) is 3.65. The van der Waals surface area contributed by atoms with E-state index < -0.39 is 5.97 Å². The smallest absolute Gasteiger partial charge is 0.357 e. The number of nitrogens with zero attached hydrogens (tertiary/aromatic N) is 2. The molecule has 0 radical (unpaired) electrons. The van der Waals surface area contributed by atoms with Crippen LogP contribution >= 0.6 is 11.3 Å². The Morgan fingerprint density at radius 3 is 2.62 bits per heavy atom. The van der Waals surface area contributed by atoms with Crippen molar-refractivity contribution >= 4 is 28.2 Å². The van der Waals surface area contributed by atoms with E-state index in [1.807, 2.05) is 53.9 Å². The standard InChI is InChI=1S/C22H18N2O4S/c1-26-19-10-8-15(11-20(19)27-2)21-23-16(13-29-21)12-28-22(25)18-9-7-14-5-3-4-6-17(14)24-18/h3-11,13H,12H2,1-2H3. The summed E-state index contributed by atoms with van der Waals surface area (Å²) < 4.78 is 16.0. The van der Waals surface area contributed by atoms with Crippen molar-refractivity contribution in [3.05, 3.63) is 71.4 Å². The van der Waals surface area contributed by atoms with Crippen LogP contribution in [0.3, 0.4) is 0 Å². The number of esters is 1. The number of thiazole rings is 1. The van der Waals surface area contributed by atoms with Gasteiger partial charge in [-0.3, -0.25) is 0 Å². The molecule has 2 heterocycles. The fourth-order valence-electron chi connectivity index (χ4n) is 2.87. The third-order valence-corrected chi connectivity index (χ3v) is 5.28. The molecule has 0 atom stereocenters. The summed E-state index contributed by atoms with van der Waals surface area (Å²) in [4.78, 5) is 21.3. The Morgan fingerprint density at radius 2 is 1.79 bits per heavy atom. The number of pyridine rings is 1. The Labute approximate surface area is 171 Å². The van der Waals surface area contributed by atoms with Gasteiger partial charge >= 0.3 is 5.97 Å². The first-order chi connectivity index (χ1) is 14.2. The Hall–Kier alpha value is -3.45. The number of hydrogen-bond donors (Lipinski definition) is 0. The second-order valence-corrected chi connectivity index (χ2v) is 7.04. The van der Waals surface area contributed by atoms with Crippen molar-refractivity contribution in [2.24, 2.45) is 0 Å². The van der Waals surface area contributed by atoms with E-state index in [4.69, 9.17) is 14.2 Å². The molecule has 0 bridgehead atoms. The molecule has 0 aliphatic carbocycles. The fourth-order valence-corrected chi connectivity index (χ4v) is 3.67. The van der Waals surface area contributed by atoms with Crippen LogP contribution in [0.15, 0.2) is 60.0 Å². The number of para-hydroxylation sites is 1. The predicted octanol–water partition coefficient (Wildman–Crippen LogP) is 4.73. The molecule has 6 nitrogen and oxygen atoms in total. The zero-order valence-electron chi connectivity index (χ0n) is 15.9. The number of ether oxygens (including phenoxy) is 3. The van der Waals surface area contributed by atoms with E-state index in [9.17, 15) is 4.79 Å². The molecule has 0 N–H and O–H groups in total. The van der Waals surface area contributed by atoms with Gasteiger partial charge in [0.1, 0.15) is 17.3 Å². The van der Waals surface area contributed by atoms with E-state index >= 15 is 0 Å². The minimum absolute atomic E-state index is 0.0805. The summed E-state index contributed by atoms with van der Waals surface area (Å²) in [6, 6.07) is 16.8. The Morgan fingerprint density at radius 1 is 0.966 bits per heavy atom. The number of aromatic nitrogens is 2. The van der Waals surface area contributed by atoms with Crippen LogP contribution in [0.1, 0.15) is 16.2 Å². The van der Waals surface area contributed by atoms with Gasteiger partial charge < -0.3 is 14.2 Å². The molecule has 0 saturated carbocycles. The van der Waals surface area contributed by atoms with Crippen molar-refractivity contribution in [2.45, 2.75) is 6.61 Å². The van der Waals surface area contributed by atoms with Gasteiger partial charge in [0, 0.05) is 16.3 Å². The number of rotatable bonds is 6. The van der Waals surface area contributed by atoms with E-state index in [1.54, 1.807) is 20.3 Å². The maximum atomic E-state index is 12.4. The SMILES string of the molecule is COc1ccc(-c2nc(COC(=O)c3ccc4ccccc4n3)cs2)cc1OC. The van der Waals surface area contributed by atoms with Gasteiger partial charge in [-0.05, 0) is 30.3 Å². The van der Waals surface area contributed by atoms with Crippen molar-refractivity contribution in [3.63, 3.8) is 0 Å². The normalized spacial score (nSPS) is 10.7. The van der Waals surface area contributed by atoms with E-state index in [0.29, 0.717) is 17.2 Å². The molecule has 29 heavy (non-hydrogen) atoms. The quantitative estimate of drug-likeness (QED) is 0.431. The average molecular weight is 406 g/mol. The lowest BCUT2D eigenvalue weighted by molar-refractivity contribution is 0.0462. The summed E-state index contributed by atoms with van der Waals surface area (Å²) in [7, 11) is 3.19. The van der Waals surface area contributed by atoms with Gasteiger partial charge in [0.2, 0.25) is 0 Å². The zero-order chi connectivity index (χ0) is 20.2. The Bertz CT molecular complexity index is 1170. The molecule has 0 aliphatic rings. The first-order valence-corrected chi connectivity index (χ1v) is 9.75. The van der Waals surface area contributed by atoms with Crippen LogP contribution in [0.2, 0.25) is 0 Å². The van der Waals surface area contributed by atoms with E-state index in [2.05, 4.69) is 9.97 Å². The van der Waals surface area contributed by atoms with Crippen LogP contribution in [-0.4, -0.2) is 30.2 Å². The highest BCUT2D eigenvalue weighted by molar-refractivity contribution is 7.13. The summed E-state index contributed by atoms with van der Waals surface area (Å²) >= 11 is 1.47. The van der Waals surface area contributed by atoms with Gasteiger partial charge in [-0.25, -0.2) is 14.8 Å². The number of methoxy groups -OCH3 is 2. The minimum Gasteiger partial charge on any atom is -0.493 e. The van der Waals surface area contributed by atoms with Crippen LogP contribution in [0.5, 0.6) is 11.5 Å². The third kappa shape index (κ3) is 4.05. The zero-order valence-corrected chi connectivity index (χ0v) is 16.7. The van der Waals surface area contributed by atoms with Gasteiger partial charge in [-0.2, -0.15) is 0 Å². The van der Waals surface area contributed by atoms with Crippen LogP contribution < -0.4 is 9.47 Å². The molecule has 0 amide bonds. The summed E-state index contributed by atoms with van der Waals surface area (Å²) in [5.74, 6) is 0.817. The summed E-state index contributed by atoms with van der Waals surface area (Å²) in [6.07, 6.45) is 0. The molecule has 7 heteroatoms. The van der Waals surface area contributed by atoms with Crippen LogP contribution in [0.25, 0.3) is 21.5 Å². The minimum atomic E-state index is -0.476. The number of fused-ring (bicyclic) bond motifs is 1. The molecule has 0 fully saturated rings. The molecular formula is C22H18N2O4S. The number of carbonyl (C=O) groups is 1. The van der Waals surface area contributed by atoms with Gasteiger partial charge in [0.25, 0.3) is 0 Å². The second-order valence-electron chi connectivity index (χ2n) is 6.18. The summed E-state index contributed by atoms with van der Waals surface area (Å²) in [6.45, 7) is 0.0805. The lowest BCUT2D eigenvalue weighted by atomic mass is 10.2. The monoisotopic (exact) mass is 406 g/mol. The Balaban J connectivity index is 1.45. The molecule has 146 valence electrons. The molecule has 0 aliphatic heterocycles. The van der Waals surface area contributed by atoms with Crippen LogP contribution in [-0.2, 0) is 11.3 Å². The van der Waals surface area contributed by atoms with Crippen molar-refractivity contribution in [3.8, 4) is 22.1 Å². The Kier molecular flexibility index (Phi) is 5.39. The maximum Gasteiger partial charge on any atom is 0.357 e. The number of benzene rings is 2. The highest BCUT2D eigenvalue weighted by Gasteiger charge is 2.13. The first kappa shape index (κ1) is 18.9. The molecule has 2 aromatic carbocycles. The van der Waals surface area contributed by atoms with Crippen molar-refractivity contribution in [1.82, 2.24) is 9.97 Å². The van der Waals surface area contributed by atoms with Crippen LogP contribution in [0.4, 0.5) is 0 Å². The van der Waals surface area contributed by atoms with E-state index in [0.717, 1.165) is 21.5 Å². The van der Waals surface area contributed by atoms with Crippen LogP contribution in [0, 0.1) is 0 Å². The number of carbonyl (C=O) groups excluding carboxylic acids is 1. The second kappa shape index (κ2) is 8.28.